The Morgan fingerprint density at radius 1 is 1.18 bits per heavy atom. The lowest BCUT2D eigenvalue weighted by molar-refractivity contribution is -0.132. The summed E-state index contributed by atoms with van der Waals surface area (Å²) in [6, 6.07) is 10.8. The van der Waals surface area contributed by atoms with Crippen molar-refractivity contribution in [3.63, 3.8) is 0 Å². The summed E-state index contributed by atoms with van der Waals surface area (Å²) in [7, 11) is 1.71. The highest BCUT2D eigenvalue weighted by Crippen LogP contribution is 2.43. The van der Waals surface area contributed by atoms with E-state index >= 15 is 0 Å². The molecule has 1 atom stereocenters. The van der Waals surface area contributed by atoms with Crippen molar-refractivity contribution in [1.82, 2.24) is 14.8 Å². The van der Waals surface area contributed by atoms with Gasteiger partial charge in [-0.25, -0.2) is 0 Å². The van der Waals surface area contributed by atoms with Gasteiger partial charge in [0.2, 0.25) is 11.8 Å². The van der Waals surface area contributed by atoms with Crippen LogP contribution in [0.1, 0.15) is 35.7 Å². The van der Waals surface area contributed by atoms with Crippen molar-refractivity contribution in [2.24, 2.45) is 0 Å². The summed E-state index contributed by atoms with van der Waals surface area (Å²) in [6.45, 7) is 2.22. The molecule has 0 spiro atoms. The van der Waals surface area contributed by atoms with Gasteiger partial charge < -0.3 is 9.80 Å². The summed E-state index contributed by atoms with van der Waals surface area (Å²) in [5.74, 6) is -0.412. The number of fused-ring (bicyclic) bond motifs is 3. The lowest BCUT2D eigenvalue weighted by Crippen LogP contribution is -2.63. The number of rotatable bonds is 4. The molecule has 0 saturated carbocycles. The third-order valence-electron chi connectivity index (χ3n) is 5.63. The number of anilines is 1. The standard InChI is InChI=1S/C21H22N4O3/c1-21-10-7-18(26)25(21)17-6-4-3-5-16(17)20(28)24(21)14-19(27)23(2)13-15-8-11-22-12-9-15/h3-6,8-9,11-12H,7,10,13-14H2,1-2H3. The topological polar surface area (TPSA) is 73.8 Å². The van der Waals surface area contributed by atoms with Gasteiger partial charge in [-0.2, -0.15) is 0 Å². The molecule has 144 valence electrons. The summed E-state index contributed by atoms with van der Waals surface area (Å²) < 4.78 is 0. The monoisotopic (exact) mass is 378 g/mol. The maximum Gasteiger partial charge on any atom is 0.258 e. The third kappa shape index (κ3) is 2.83. The highest BCUT2D eigenvalue weighted by atomic mass is 16.2. The van der Waals surface area contributed by atoms with E-state index < -0.39 is 5.66 Å². The van der Waals surface area contributed by atoms with E-state index in [-0.39, 0.29) is 24.3 Å². The molecule has 1 saturated heterocycles. The number of para-hydroxylation sites is 1. The highest BCUT2D eigenvalue weighted by molar-refractivity contribution is 6.11. The molecule has 0 aliphatic carbocycles. The van der Waals surface area contributed by atoms with Gasteiger partial charge in [-0.3, -0.25) is 24.3 Å². The quantitative estimate of drug-likeness (QED) is 0.816. The van der Waals surface area contributed by atoms with E-state index in [9.17, 15) is 14.4 Å². The number of amides is 3. The molecule has 3 amide bonds. The maximum absolute atomic E-state index is 13.2. The van der Waals surface area contributed by atoms with Gasteiger partial charge in [0, 0.05) is 32.4 Å². The second kappa shape index (κ2) is 6.74. The summed E-state index contributed by atoms with van der Waals surface area (Å²) in [5, 5.41) is 0. The number of pyridine rings is 1. The Kier molecular flexibility index (Phi) is 4.37. The SMILES string of the molecule is CN(Cc1ccncc1)C(=O)CN1C(=O)c2ccccc2N2C(=O)CCC12C. The van der Waals surface area contributed by atoms with E-state index in [0.717, 1.165) is 5.56 Å². The Bertz CT molecular complexity index is 946. The number of carbonyl (C=O) groups excluding carboxylic acids is 3. The minimum atomic E-state index is -0.824. The summed E-state index contributed by atoms with van der Waals surface area (Å²) >= 11 is 0. The van der Waals surface area contributed by atoms with Crippen LogP contribution >= 0.6 is 0 Å². The summed E-state index contributed by atoms with van der Waals surface area (Å²) in [5.41, 5.74) is 1.23. The minimum absolute atomic E-state index is 0.0231. The van der Waals surface area contributed by atoms with E-state index in [4.69, 9.17) is 0 Å². The van der Waals surface area contributed by atoms with Crippen LogP contribution in [0.15, 0.2) is 48.8 Å². The predicted octanol–water partition coefficient (Wildman–Crippen LogP) is 2.04. The second-order valence-corrected chi connectivity index (χ2v) is 7.46. The van der Waals surface area contributed by atoms with E-state index in [0.29, 0.717) is 30.6 Å². The smallest absolute Gasteiger partial charge is 0.258 e. The average Bonchev–Trinajstić information content (AvgIpc) is 3.01. The number of aromatic nitrogens is 1. The first-order chi connectivity index (χ1) is 13.4. The average molecular weight is 378 g/mol. The van der Waals surface area contributed by atoms with Gasteiger partial charge in [0.1, 0.15) is 12.2 Å². The van der Waals surface area contributed by atoms with Crippen molar-refractivity contribution in [2.45, 2.75) is 32.0 Å². The number of nitrogens with zero attached hydrogens (tertiary/aromatic N) is 4. The molecule has 2 aromatic rings. The molecule has 2 aliphatic heterocycles. The van der Waals surface area contributed by atoms with E-state index in [1.807, 2.05) is 25.1 Å². The molecule has 28 heavy (non-hydrogen) atoms. The zero-order valence-electron chi connectivity index (χ0n) is 16.0. The van der Waals surface area contributed by atoms with Crippen LogP contribution in [0, 0.1) is 0 Å². The molecule has 7 heteroatoms. The minimum Gasteiger partial charge on any atom is -0.340 e. The first kappa shape index (κ1) is 18.2. The van der Waals surface area contributed by atoms with Gasteiger partial charge in [0.15, 0.2) is 0 Å². The number of hydrogen-bond donors (Lipinski definition) is 0. The van der Waals surface area contributed by atoms with Gasteiger partial charge in [-0.15, -0.1) is 0 Å². The largest absolute Gasteiger partial charge is 0.340 e. The zero-order valence-corrected chi connectivity index (χ0v) is 16.0. The van der Waals surface area contributed by atoms with Gasteiger partial charge in [-0.05, 0) is 43.2 Å². The fraction of sp³-hybridized carbons (Fsp3) is 0.333. The Morgan fingerprint density at radius 3 is 2.64 bits per heavy atom. The lowest BCUT2D eigenvalue weighted by atomic mass is 9.98. The molecule has 7 nitrogen and oxygen atoms in total. The number of carbonyl (C=O) groups is 3. The van der Waals surface area contributed by atoms with Crippen LogP contribution in [0.3, 0.4) is 0 Å². The predicted molar refractivity (Wildman–Crippen MR) is 103 cm³/mol. The van der Waals surface area contributed by atoms with Crippen molar-refractivity contribution >= 4 is 23.4 Å². The van der Waals surface area contributed by atoms with Crippen molar-refractivity contribution in [1.29, 1.82) is 0 Å². The van der Waals surface area contributed by atoms with Crippen molar-refractivity contribution in [2.75, 3.05) is 18.5 Å². The van der Waals surface area contributed by atoms with Crippen LogP contribution < -0.4 is 4.90 Å². The van der Waals surface area contributed by atoms with Crippen molar-refractivity contribution < 1.29 is 14.4 Å². The molecule has 0 radical (unpaired) electrons. The molecule has 1 aromatic carbocycles. The van der Waals surface area contributed by atoms with Crippen LogP contribution in [-0.4, -0.2) is 51.8 Å². The fourth-order valence-corrected chi connectivity index (χ4v) is 4.05. The molecule has 1 fully saturated rings. The molecule has 1 aromatic heterocycles. The van der Waals surface area contributed by atoms with Crippen LogP contribution in [0.4, 0.5) is 5.69 Å². The van der Waals surface area contributed by atoms with E-state index in [1.165, 1.54) is 0 Å². The molecule has 1 unspecified atom stereocenters. The van der Waals surface area contributed by atoms with Crippen LogP contribution in [0.25, 0.3) is 0 Å². The fourth-order valence-electron chi connectivity index (χ4n) is 4.05. The Labute approximate surface area is 163 Å². The van der Waals surface area contributed by atoms with Gasteiger partial charge in [-0.1, -0.05) is 12.1 Å². The van der Waals surface area contributed by atoms with Crippen LogP contribution in [0.2, 0.25) is 0 Å². The van der Waals surface area contributed by atoms with E-state index in [1.54, 1.807) is 52.3 Å². The molecule has 0 bridgehead atoms. The van der Waals surface area contributed by atoms with E-state index in [2.05, 4.69) is 4.98 Å². The van der Waals surface area contributed by atoms with Crippen molar-refractivity contribution in [3.05, 3.63) is 59.9 Å². The third-order valence-corrected chi connectivity index (χ3v) is 5.63. The Morgan fingerprint density at radius 2 is 1.89 bits per heavy atom. The molecule has 4 rings (SSSR count). The molecule has 0 N–H and O–H groups in total. The summed E-state index contributed by atoms with van der Waals surface area (Å²) in [4.78, 5) is 47.5. The number of likely N-dealkylation sites (N-methyl/N-ethyl adjacent to an activating group) is 1. The second-order valence-electron chi connectivity index (χ2n) is 7.46. The highest BCUT2D eigenvalue weighted by Gasteiger charge is 2.53. The summed E-state index contributed by atoms with van der Waals surface area (Å²) in [6.07, 6.45) is 4.23. The van der Waals surface area contributed by atoms with Gasteiger partial charge in [0.05, 0.1) is 11.3 Å². The molecular weight excluding hydrogens is 356 g/mol. The first-order valence-corrected chi connectivity index (χ1v) is 9.29. The van der Waals surface area contributed by atoms with Crippen LogP contribution in [-0.2, 0) is 16.1 Å². The zero-order chi connectivity index (χ0) is 19.9. The Balaban J connectivity index is 1.61. The van der Waals surface area contributed by atoms with Gasteiger partial charge in [0.25, 0.3) is 5.91 Å². The molecular formula is C21H22N4O3. The normalized spacial score (nSPS) is 20.8. The maximum atomic E-state index is 13.2. The number of benzene rings is 1. The number of hydrogen-bond acceptors (Lipinski definition) is 4. The molecule has 2 aliphatic rings. The van der Waals surface area contributed by atoms with Crippen molar-refractivity contribution in [3.8, 4) is 0 Å². The Hall–Kier alpha value is -3.22. The lowest BCUT2D eigenvalue weighted by Gasteiger charge is -2.48. The van der Waals surface area contributed by atoms with Gasteiger partial charge >= 0.3 is 0 Å². The first-order valence-electron chi connectivity index (χ1n) is 9.29. The molecule has 3 heterocycles. The van der Waals surface area contributed by atoms with Crippen LogP contribution in [0.5, 0.6) is 0 Å².